The van der Waals surface area contributed by atoms with Crippen LogP contribution in [0, 0.1) is 6.92 Å². The second-order valence-corrected chi connectivity index (χ2v) is 8.26. The molecule has 0 saturated carbocycles. The third-order valence-electron chi connectivity index (χ3n) is 6.24. The highest BCUT2D eigenvalue weighted by molar-refractivity contribution is 5.98. The first kappa shape index (κ1) is 21.1. The molecular weight excluding hydrogens is 394 g/mol. The van der Waals surface area contributed by atoms with E-state index in [4.69, 9.17) is 10.5 Å². The monoisotopic (exact) mass is 423 g/mol. The average molecular weight is 424 g/mol. The van der Waals surface area contributed by atoms with E-state index in [0.29, 0.717) is 41.5 Å². The summed E-state index contributed by atoms with van der Waals surface area (Å²) in [7, 11) is 1.59. The van der Waals surface area contributed by atoms with Gasteiger partial charge in [-0.3, -0.25) is 9.59 Å². The molecule has 2 aliphatic heterocycles. The maximum atomic E-state index is 13.4. The van der Waals surface area contributed by atoms with Crippen molar-refractivity contribution in [2.45, 2.75) is 38.5 Å². The average Bonchev–Trinajstić information content (AvgIpc) is 3.29. The van der Waals surface area contributed by atoms with Gasteiger partial charge in [0.2, 0.25) is 0 Å². The van der Waals surface area contributed by atoms with E-state index in [0.717, 1.165) is 25.2 Å². The molecule has 4 rings (SSSR count). The zero-order valence-electron chi connectivity index (χ0n) is 18.1. The van der Waals surface area contributed by atoms with Crippen LogP contribution in [0.3, 0.4) is 0 Å². The van der Waals surface area contributed by atoms with Crippen molar-refractivity contribution in [3.8, 4) is 5.75 Å². The van der Waals surface area contributed by atoms with Crippen molar-refractivity contribution in [3.05, 3.63) is 47.0 Å². The van der Waals surface area contributed by atoms with Crippen molar-refractivity contribution in [2.75, 3.05) is 38.2 Å². The second kappa shape index (κ2) is 8.91. The number of benzene rings is 1. The number of methoxy groups -OCH3 is 1. The topological polar surface area (TPSA) is 102 Å². The minimum Gasteiger partial charge on any atom is -0.496 e. The molecule has 31 heavy (non-hydrogen) atoms. The molecule has 3 heterocycles. The molecule has 0 radical (unpaired) electrons. The molecule has 2 aliphatic rings. The highest BCUT2D eigenvalue weighted by Crippen LogP contribution is 2.31. The van der Waals surface area contributed by atoms with Gasteiger partial charge in [-0.05, 0) is 50.8 Å². The molecule has 164 valence electrons. The SMILES string of the molecule is COc1ccc(N2CCCCC2)cc1C(=O)N1CC[C@H](c2ncc(C(N)=O)c(C)n2)C1. The van der Waals surface area contributed by atoms with Crippen LogP contribution in [0.1, 0.15) is 63.8 Å². The Morgan fingerprint density at radius 3 is 2.58 bits per heavy atom. The highest BCUT2D eigenvalue weighted by Gasteiger charge is 2.31. The Bertz CT molecular complexity index is 987. The van der Waals surface area contributed by atoms with Gasteiger partial charge in [0.1, 0.15) is 11.6 Å². The molecule has 1 aromatic heterocycles. The number of nitrogens with zero attached hydrogens (tertiary/aromatic N) is 4. The quantitative estimate of drug-likeness (QED) is 0.793. The first-order valence-corrected chi connectivity index (χ1v) is 10.8. The van der Waals surface area contributed by atoms with Crippen molar-refractivity contribution in [3.63, 3.8) is 0 Å². The zero-order chi connectivity index (χ0) is 22.0. The molecule has 8 heteroatoms. The first-order valence-electron chi connectivity index (χ1n) is 10.8. The lowest BCUT2D eigenvalue weighted by molar-refractivity contribution is 0.0787. The number of carbonyl (C=O) groups is 2. The van der Waals surface area contributed by atoms with Gasteiger partial charge in [-0.15, -0.1) is 0 Å². The second-order valence-electron chi connectivity index (χ2n) is 8.26. The van der Waals surface area contributed by atoms with Crippen molar-refractivity contribution >= 4 is 17.5 Å². The molecule has 2 fully saturated rings. The lowest BCUT2D eigenvalue weighted by atomic mass is 10.1. The van der Waals surface area contributed by atoms with Crippen LogP contribution in [0.25, 0.3) is 0 Å². The van der Waals surface area contributed by atoms with Gasteiger partial charge in [-0.25, -0.2) is 9.97 Å². The number of hydrogen-bond acceptors (Lipinski definition) is 6. The molecule has 1 aromatic carbocycles. The van der Waals surface area contributed by atoms with Gasteiger partial charge in [0.05, 0.1) is 23.9 Å². The summed E-state index contributed by atoms with van der Waals surface area (Å²) in [6.45, 7) is 4.94. The summed E-state index contributed by atoms with van der Waals surface area (Å²) < 4.78 is 5.50. The standard InChI is InChI=1S/C23H29N5O3/c1-15-19(21(24)29)13-25-22(26-15)16-8-11-28(14-16)23(30)18-12-17(6-7-20(18)31-2)27-9-4-3-5-10-27/h6-7,12-13,16H,3-5,8-11,14H2,1-2H3,(H2,24,29)/t16-/m0/s1. The Morgan fingerprint density at radius 2 is 1.90 bits per heavy atom. The fraction of sp³-hybridized carbons (Fsp3) is 0.478. The summed E-state index contributed by atoms with van der Waals surface area (Å²) in [5, 5.41) is 0. The van der Waals surface area contributed by atoms with E-state index in [1.54, 1.807) is 14.0 Å². The van der Waals surface area contributed by atoms with Crippen LogP contribution in [0.5, 0.6) is 5.75 Å². The Labute approximate surface area is 182 Å². The minimum atomic E-state index is -0.534. The van der Waals surface area contributed by atoms with Crippen molar-refractivity contribution in [1.29, 1.82) is 0 Å². The van der Waals surface area contributed by atoms with Crippen molar-refractivity contribution < 1.29 is 14.3 Å². The summed E-state index contributed by atoms with van der Waals surface area (Å²) >= 11 is 0. The Hall–Kier alpha value is -3.16. The number of amides is 2. The predicted molar refractivity (Wildman–Crippen MR) is 118 cm³/mol. The maximum absolute atomic E-state index is 13.4. The van der Waals surface area contributed by atoms with Gasteiger partial charge >= 0.3 is 0 Å². The van der Waals surface area contributed by atoms with Crippen LogP contribution >= 0.6 is 0 Å². The number of likely N-dealkylation sites (tertiary alicyclic amines) is 1. The third kappa shape index (κ3) is 4.33. The number of piperidine rings is 1. The molecule has 0 bridgehead atoms. The number of aryl methyl sites for hydroxylation is 1. The summed E-state index contributed by atoms with van der Waals surface area (Å²) in [4.78, 5) is 37.8. The van der Waals surface area contributed by atoms with E-state index >= 15 is 0 Å². The number of hydrogen-bond donors (Lipinski definition) is 1. The van der Waals surface area contributed by atoms with E-state index < -0.39 is 5.91 Å². The van der Waals surface area contributed by atoms with Crippen molar-refractivity contribution in [1.82, 2.24) is 14.9 Å². The van der Waals surface area contributed by atoms with E-state index in [9.17, 15) is 9.59 Å². The van der Waals surface area contributed by atoms with Gasteiger partial charge in [-0.1, -0.05) is 0 Å². The van der Waals surface area contributed by atoms with Gasteiger partial charge in [0, 0.05) is 44.0 Å². The molecule has 2 aromatic rings. The smallest absolute Gasteiger partial charge is 0.257 e. The number of nitrogens with two attached hydrogens (primary N) is 1. The van der Waals surface area contributed by atoms with Gasteiger partial charge < -0.3 is 20.3 Å². The lowest BCUT2D eigenvalue weighted by Gasteiger charge is -2.29. The molecule has 8 nitrogen and oxygen atoms in total. The van der Waals surface area contributed by atoms with Gasteiger partial charge in [0.25, 0.3) is 11.8 Å². The molecule has 2 amide bonds. The molecule has 0 unspecified atom stereocenters. The Morgan fingerprint density at radius 1 is 1.13 bits per heavy atom. The third-order valence-corrected chi connectivity index (χ3v) is 6.24. The molecule has 0 spiro atoms. The largest absolute Gasteiger partial charge is 0.496 e. The number of primary amides is 1. The van der Waals surface area contributed by atoms with E-state index in [2.05, 4.69) is 14.9 Å². The maximum Gasteiger partial charge on any atom is 0.257 e. The summed E-state index contributed by atoms with van der Waals surface area (Å²) in [6, 6.07) is 5.88. The number of aromatic nitrogens is 2. The van der Waals surface area contributed by atoms with E-state index in [1.807, 2.05) is 23.1 Å². The van der Waals surface area contributed by atoms with Crippen LogP contribution in [0.2, 0.25) is 0 Å². The van der Waals surface area contributed by atoms with Crippen LogP contribution in [-0.2, 0) is 0 Å². The van der Waals surface area contributed by atoms with E-state index in [1.165, 1.54) is 25.5 Å². The van der Waals surface area contributed by atoms with Gasteiger partial charge in [-0.2, -0.15) is 0 Å². The fourth-order valence-corrected chi connectivity index (χ4v) is 4.46. The molecule has 0 aliphatic carbocycles. The fourth-order valence-electron chi connectivity index (χ4n) is 4.46. The molecule has 2 saturated heterocycles. The number of rotatable bonds is 5. The first-order chi connectivity index (χ1) is 15.0. The molecular formula is C23H29N5O3. The van der Waals surface area contributed by atoms with Crippen LogP contribution in [0.15, 0.2) is 24.4 Å². The molecule has 2 N–H and O–H groups in total. The van der Waals surface area contributed by atoms with Crippen LogP contribution in [0.4, 0.5) is 5.69 Å². The Balaban J connectivity index is 1.52. The number of ether oxygens (including phenoxy) is 1. The van der Waals surface area contributed by atoms with Gasteiger partial charge in [0.15, 0.2) is 0 Å². The molecule has 1 atom stereocenters. The van der Waals surface area contributed by atoms with Crippen LogP contribution in [-0.4, -0.2) is 60.0 Å². The number of carbonyl (C=O) groups excluding carboxylic acids is 2. The predicted octanol–water partition coefficient (Wildman–Crippen LogP) is 2.51. The Kier molecular flexibility index (Phi) is 6.06. The van der Waals surface area contributed by atoms with Crippen LogP contribution < -0.4 is 15.4 Å². The number of anilines is 1. The normalized spacial score (nSPS) is 18.8. The van der Waals surface area contributed by atoms with E-state index in [-0.39, 0.29) is 11.8 Å². The minimum absolute atomic E-state index is 0.0286. The lowest BCUT2D eigenvalue weighted by Crippen LogP contribution is -2.31. The zero-order valence-corrected chi connectivity index (χ0v) is 18.1. The summed E-state index contributed by atoms with van der Waals surface area (Å²) in [5.41, 5.74) is 7.91. The summed E-state index contributed by atoms with van der Waals surface area (Å²) in [5.74, 6) is 0.691. The summed E-state index contributed by atoms with van der Waals surface area (Å²) in [6.07, 6.45) is 5.87. The highest BCUT2D eigenvalue weighted by atomic mass is 16.5. The van der Waals surface area contributed by atoms with Crippen molar-refractivity contribution in [2.24, 2.45) is 5.73 Å².